The van der Waals surface area contributed by atoms with E-state index in [0.29, 0.717) is 5.56 Å². The Morgan fingerprint density at radius 1 is 1.50 bits per heavy atom. The summed E-state index contributed by atoms with van der Waals surface area (Å²) in [6.07, 6.45) is 2.09. The Morgan fingerprint density at radius 2 is 2.07 bits per heavy atom. The fourth-order valence-electron chi connectivity index (χ4n) is 0.821. The van der Waals surface area contributed by atoms with E-state index < -0.39 is 21.0 Å². The first-order valence-corrected chi connectivity index (χ1v) is 5.48. The van der Waals surface area contributed by atoms with E-state index in [1.165, 1.54) is 13.1 Å². The lowest BCUT2D eigenvalue weighted by molar-refractivity contribution is 0.0688. The Kier molecular flexibility index (Phi) is 2.52. The first-order chi connectivity index (χ1) is 6.32. The molecule has 14 heavy (non-hydrogen) atoms. The van der Waals surface area contributed by atoms with Crippen LogP contribution < -0.4 is 0 Å². The van der Waals surface area contributed by atoms with Gasteiger partial charge >= 0.3 is 5.97 Å². The van der Waals surface area contributed by atoms with Gasteiger partial charge in [0.2, 0.25) is 15.0 Å². The van der Waals surface area contributed by atoms with Gasteiger partial charge in [0.1, 0.15) is 0 Å². The van der Waals surface area contributed by atoms with E-state index in [1.807, 2.05) is 0 Å². The summed E-state index contributed by atoms with van der Waals surface area (Å²) in [6.45, 7) is 1.50. The van der Waals surface area contributed by atoms with Crippen LogP contribution in [0.1, 0.15) is 16.1 Å². The minimum Gasteiger partial charge on any atom is -0.476 e. The molecule has 0 atom stereocenters. The van der Waals surface area contributed by atoms with Crippen molar-refractivity contribution in [3.63, 3.8) is 0 Å². The number of aryl methyl sites for hydroxylation is 1. The minimum atomic E-state index is -3.56. The fourth-order valence-corrected chi connectivity index (χ4v) is 1.32. The molecule has 1 aromatic rings. The molecule has 0 unspecified atom stereocenters. The fraction of sp³-hybridized carbons (Fsp3) is 0.286. The molecule has 0 fully saturated rings. The lowest BCUT2D eigenvalue weighted by atomic mass is 10.3. The normalized spacial score (nSPS) is 11.3. The average Bonchev–Trinajstić information content (AvgIpc) is 2.02. The van der Waals surface area contributed by atoms with Gasteiger partial charge in [-0.3, -0.25) is 0 Å². The van der Waals surface area contributed by atoms with Crippen LogP contribution in [0.3, 0.4) is 0 Å². The monoisotopic (exact) mass is 216 g/mol. The molecule has 0 aliphatic heterocycles. The summed E-state index contributed by atoms with van der Waals surface area (Å²) in [5, 5.41) is 8.20. The summed E-state index contributed by atoms with van der Waals surface area (Å²) in [4.78, 5) is 17.6. The SMILES string of the molecule is Cc1cnc(S(C)(=O)=O)nc1C(=O)O. The third-order valence-electron chi connectivity index (χ3n) is 1.48. The molecule has 0 radical (unpaired) electrons. The van der Waals surface area contributed by atoms with Gasteiger partial charge in [0.05, 0.1) is 0 Å². The predicted octanol–water partition coefficient (Wildman–Crippen LogP) is -0.113. The number of carbonyl (C=O) groups is 1. The van der Waals surface area contributed by atoms with Gasteiger partial charge < -0.3 is 5.11 Å². The summed E-state index contributed by atoms with van der Waals surface area (Å²) < 4.78 is 22.0. The quantitative estimate of drug-likeness (QED) is 0.692. The van der Waals surface area contributed by atoms with Crippen molar-refractivity contribution in [2.24, 2.45) is 0 Å². The van der Waals surface area contributed by atoms with Crippen molar-refractivity contribution in [2.75, 3.05) is 6.26 Å². The third kappa shape index (κ3) is 2.05. The van der Waals surface area contributed by atoms with Gasteiger partial charge in [-0.25, -0.2) is 23.2 Å². The zero-order valence-electron chi connectivity index (χ0n) is 7.55. The van der Waals surface area contributed by atoms with Crippen molar-refractivity contribution in [1.82, 2.24) is 9.97 Å². The van der Waals surface area contributed by atoms with E-state index in [1.54, 1.807) is 0 Å². The molecule has 76 valence electrons. The van der Waals surface area contributed by atoms with Crippen molar-refractivity contribution in [2.45, 2.75) is 12.1 Å². The molecule has 7 heteroatoms. The lowest BCUT2D eigenvalue weighted by Crippen LogP contribution is -2.11. The molecule has 0 amide bonds. The molecule has 1 N–H and O–H groups in total. The summed E-state index contributed by atoms with van der Waals surface area (Å²) >= 11 is 0. The van der Waals surface area contributed by atoms with Crippen LogP contribution in [-0.4, -0.2) is 35.7 Å². The van der Waals surface area contributed by atoms with Gasteiger partial charge in [-0.05, 0) is 6.92 Å². The molecule has 0 aromatic carbocycles. The van der Waals surface area contributed by atoms with Gasteiger partial charge in [0, 0.05) is 18.0 Å². The number of carboxylic acids is 1. The van der Waals surface area contributed by atoms with Crippen LogP contribution in [0.4, 0.5) is 0 Å². The van der Waals surface area contributed by atoms with Crippen LogP contribution in [0.25, 0.3) is 0 Å². The Morgan fingerprint density at radius 3 is 2.50 bits per heavy atom. The summed E-state index contributed by atoms with van der Waals surface area (Å²) in [5.41, 5.74) is 0.0327. The number of sulfone groups is 1. The third-order valence-corrected chi connectivity index (χ3v) is 2.34. The van der Waals surface area contributed by atoms with Crippen molar-refractivity contribution in [3.8, 4) is 0 Å². The molecule has 1 rings (SSSR count). The summed E-state index contributed by atoms with van der Waals surface area (Å²) in [7, 11) is -3.56. The number of carboxylic acid groups (broad SMARTS) is 1. The number of rotatable bonds is 2. The minimum absolute atomic E-state index is 0.291. The van der Waals surface area contributed by atoms with Crippen molar-refractivity contribution < 1.29 is 18.3 Å². The topological polar surface area (TPSA) is 97.2 Å². The maximum atomic E-state index is 11.0. The van der Waals surface area contributed by atoms with Gasteiger partial charge in [-0.2, -0.15) is 0 Å². The number of aromatic nitrogens is 2. The molecule has 0 aliphatic rings. The number of aromatic carboxylic acids is 1. The second kappa shape index (κ2) is 3.33. The first-order valence-electron chi connectivity index (χ1n) is 3.59. The molecule has 6 nitrogen and oxygen atoms in total. The second-order valence-electron chi connectivity index (χ2n) is 2.76. The van der Waals surface area contributed by atoms with Crippen LogP contribution in [0.5, 0.6) is 0 Å². The van der Waals surface area contributed by atoms with E-state index >= 15 is 0 Å². The predicted molar refractivity (Wildman–Crippen MR) is 46.8 cm³/mol. The van der Waals surface area contributed by atoms with E-state index in [4.69, 9.17) is 5.11 Å². The molecule has 1 aromatic heterocycles. The molecule has 0 bridgehead atoms. The number of nitrogens with zero attached hydrogens (tertiary/aromatic N) is 2. The summed E-state index contributed by atoms with van der Waals surface area (Å²) in [5.74, 6) is -1.27. The van der Waals surface area contributed by atoms with Crippen LogP contribution in [0.15, 0.2) is 11.4 Å². The van der Waals surface area contributed by atoms with Crippen molar-refractivity contribution in [1.29, 1.82) is 0 Å². The highest BCUT2D eigenvalue weighted by Gasteiger charge is 2.16. The molecule has 0 saturated heterocycles. The maximum absolute atomic E-state index is 11.0. The van der Waals surface area contributed by atoms with Gasteiger partial charge in [-0.1, -0.05) is 0 Å². The van der Waals surface area contributed by atoms with Gasteiger partial charge in [0.15, 0.2) is 5.69 Å². The highest BCUT2D eigenvalue weighted by Crippen LogP contribution is 2.07. The molecule has 0 saturated carbocycles. The Bertz CT molecular complexity index is 480. The number of hydrogen-bond donors (Lipinski definition) is 1. The van der Waals surface area contributed by atoms with Crippen LogP contribution in [-0.2, 0) is 9.84 Å². The lowest BCUT2D eigenvalue weighted by Gasteiger charge is -2.00. The van der Waals surface area contributed by atoms with Crippen molar-refractivity contribution in [3.05, 3.63) is 17.5 Å². The molecule has 0 spiro atoms. The molecule has 0 aliphatic carbocycles. The average molecular weight is 216 g/mol. The molecular formula is C7H8N2O4S. The highest BCUT2D eigenvalue weighted by atomic mass is 32.2. The van der Waals surface area contributed by atoms with Crippen LogP contribution >= 0.6 is 0 Å². The van der Waals surface area contributed by atoms with E-state index in [9.17, 15) is 13.2 Å². The van der Waals surface area contributed by atoms with Crippen molar-refractivity contribution >= 4 is 15.8 Å². The van der Waals surface area contributed by atoms with E-state index in [-0.39, 0.29) is 5.69 Å². The summed E-state index contributed by atoms with van der Waals surface area (Å²) in [6, 6.07) is 0. The zero-order valence-corrected chi connectivity index (χ0v) is 8.37. The Labute approximate surface area is 80.5 Å². The van der Waals surface area contributed by atoms with Gasteiger partial charge in [0.25, 0.3) is 0 Å². The van der Waals surface area contributed by atoms with Crippen LogP contribution in [0.2, 0.25) is 0 Å². The zero-order chi connectivity index (χ0) is 10.9. The number of hydrogen-bond acceptors (Lipinski definition) is 5. The highest BCUT2D eigenvalue weighted by molar-refractivity contribution is 7.90. The largest absolute Gasteiger partial charge is 0.476 e. The van der Waals surface area contributed by atoms with E-state index in [0.717, 1.165) is 6.26 Å². The van der Waals surface area contributed by atoms with E-state index in [2.05, 4.69) is 9.97 Å². The molecule has 1 heterocycles. The molecular weight excluding hydrogens is 208 g/mol. The smallest absolute Gasteiger partial charge is 0.354 e. The Hall–Kier alpha value is -1.50. The standard InChI is InChI=1S/C7H8N2O4S/c1-4-3-8-7(14(2,12)13)9-5(4)6(10)11/h3H,1-2H3,(H,10,11). The first kappa shape index (κ1) is 10.6. The maximum Gasteiger partial charge on any atom is 0.354 e. The van der Waals surface area contributed by atoms with Gasteiger partial charge in [-0.15, -0.1) is 0 Å². The van der Waals surface area contributed by atoms with Crippen LogP contribution in [0, 0.1) is 6.92 Å². The second-order valence-corrected chi connectivity index (χ2v) is 4.67. The Balaban J connectivity index is 3.42.